The molecular formula is C12H15NO. The van der Waals surface area contributed by atoms with E-state index in [0.717, 1.165) is 24.8 Å². The highest BCUT2D eigenvalue weighted by Crippen LogP contribution is 2.29. The van der Waals surface area contributed by atoms with Crippen molar-refractivity contribution in [3.63, 3.8) is 0 Å². The number of benzene rings is 1. The van der Waals surface area contributed by atoms with Crippen molar-refractivity contribution in [3.05, 3.63) is 29.3 Å². The molecule has 74 valence electrons. The number of carbonyl (C=O) groups excluding carboxylic acids is 1. The topological polar surface area (TPSA) is 20.3 Å². The third-order valence-corrected chi connectivity index (χ3v) is 2.96. The van der Waals surface area contributed by atoms with Gasteiger partial charge in [0.05, 0.1) is 0 Å². The first-order valence-electron chi connectivity index (χ1n) is 5.01. The first-order valence-corrected chi connectivity index (χ1v) is 5.01. The lowest BCUT2D eigenvalue weighted by Crippen LogP contribution is -2.12. The molecule has 1 unspecified atom stereocenters. The Kier molecular flexibility index (Phi) is 2.28. The van der Waals surface area contributed by atoms with Crippen molar-refractivity contribution < 1.29 is 4.79 Å². The molecule has 1 aromatic carbocycles. The molecule has 0 saturated carbocycles. The summed E-state index contributed by atoms with van der Waals surface area (Å²) in [5.74, 6) is 0.0196. The molecule has 1 heterocycles. The number of aldehydes is 1. The van der Waals surface area contributed by atoms with Crippen molar-refractivity contribution in [1.82, 2.24) is 0 Å². The Morgan fingerprint density at radius 1 is 1.50 bits per heavy atom. The van der Waals surface area contributed by atoms with E-state index in [1.54, 1.807) is 0 Å². The summed E-state index contributed by atoms with van der Waals surface area (Å²) in [7, 11) is 2.11. The molecule has 1 atom stereocenters. The van der Waals surface area contributed by atoms with E-state index < -0.39 is 0 Å². The van der Waals surface area contributed by atoms with Crippen molar-refractivity contribution in [2.75, 3.05) is 18.5 Å². The molecule has 0 amide bonds. The molecule has 1 aromatic rings. The highest BCUT2D eigenvalue weighted by molar-refractivity contribution is 5.65. The SMILES string of the molecule is CC(C=O)c1ccc2c(c1)CCN2C. The lowest BCUT2D eigenvalue weighted by molar-refractivity contribution is -0.108. The molecule has 0 radical (unpaired) electrons. The van der Waals surface area contributed by atoms with Gasteiger partial charge in [0.1, 0.15) is 6.29 Å². The van der Waals surface area contributed by atoms with E-state index >= 15 is 0 Å². The van der Waals surface area contributed by atoms with Crippen LogP contribution in [0, 0.1) is 0 Å². The molecule has 1 aliphatic rings. The normalized spacial score (nSPS) is 16.6. The molecule has 0 aromatic heterocycles. The highest BCUT2D eigenvalue weighted by atomic mass is 16.1. The van der Waals surface area contributed by atoms with Gasteiger partial charge < -0.3 is 9.69 Å². The zero-order valence-electron chi connectivity index (χ0n) is 8.66. The number of likely N-dealkylation sites (N-methyl/N-ethyl adjacent to an activating group) is 1. The van der Waals surface area contributed by atoms with Crippen LogP contribution < -0.4 is 4.90 Å². The van der Waals surface area contributed by atoms with Gasteiger partial charge in [-0.1, -0.05) is 19.1 Å². The second-order valence-electron chi connectivity index (χ2n) is 3.98. The average Bonchev–Trinajstić information content (AvgIpc) is 2.59. The van der Waals surface area contributed by atoms with Crippen molar-refractivity contribution >= 4 is 12.0 Å². The van der Waals surface area contributed by atoms with Crippen molar-refractivity contribution in [3.8, 4) is 0 Å². The summed E-state index contributed by atoms with van der Waals surface area (Å²) in [5, 5.41) is 0. The predicted octanol–water partition coefficient (Wildman–Crippen LogP) is 1.98. The van der Waals surface area contributed by atoms with Crippen LogP contribution in [0.25, 0.3) is 0 Å². The molecule has 0 saturated heterocycles. The molecule has 0 bridgehead atoms. The molecule has 1 aliphatic heterocycles. The molecule has 2 heteroatoms. The smallest absolute Gasteiger partial charge is 0.127 e. The van der Waals surface area contributed by atoms with Crippen molar-refractivity contribution in [2.24, 2.45) is 0 Å². The van der Waals surface area contributed by atoms with Gasteiger partial charge in [0.15, 0.2) is 0 Å². The summed E-state index contributed by atoms with van der Waals surface area (Å²) in [4.78, 5) is 12.9. The fourth-order valence-electron chi connectivity index (χ4n) is 1.95. The number of carbonyl (C=O) groups is 1. The Morgan fingerprint density at radius 3 is 3.00 bits per heavy atom. The zero-order valence-corrected chi connectivity index (χ0v) is 8.66. The lowest BCUT2D eigenvalue weighted by Gasteiger charge is -2.12. The number of nitrogens with zero attached hydrogens (tertiary/aromatic N) is 1. The third-order valence-electron chi connectivity index (χ3n) is 2.96. The minimum absolute atomic E-state index is 0.0196. The van der Waals surface area contributed by atoms with Crippen LogP contribution >= 0.6 is 0 Å². The second-order valence-corrected chi connectivity index (χ2v) is 3.98. The van der Waals surface area contributed by atoms with Crippen LogP contribution in [0.1, 0.15) is 24.0 Å². The molecule has 14 heavy (non-hydrogen) atoms. The van der Waals surface area contributed by atoms with Crippen LogP contribution in [-0.4, -0.2) is 19.9 Å². The van der Waals surface area contributed by atoms with Crippen LogP contribution in [0.4, 0.5) is 5.69 Å². The summed E-state index contributed by atoms with van der Waals surface area (Å²) < 4.78 is 0. The Labute approximate surface area is 84.5 Å². The number of fused-ring (bicyclic) bond motifs is 1. The highest BCUT2D eigenvalue weighted by Gasteiger charge is 2.16. The molecule has 0 N–H and O–H groups in total. The Balaban J connectivity index is 2.37. The summed E-state index contributed by atoms with van der Waals surface area (Å²) in [6.07, 6.45) is 2.10. The van der Waals surface area contributed by atoms with E-state index in [1.807, 2.05) is 6.92 Å². The van der Waals surface area contributed by atoms with Gasteiger partial charge in [-0.05, 0) is 23.6 Å². The van der Waals surface area contributed by atoms with Crippen molar-refractivity contribution in [2.45, 2.75) is 19.3 Å². The van der Waals surface area contributed by atoms with E-state index in [0.29, 0.717) is 0 Å². The second kappa shape index (κ2) is 3.45. The maximum absolute atomic E-state index is 10.7. The van der Waals surface area contributed by atoms with Gasteiger partial charge in [-0.3, -0.25) is 0 Å². The quantitative estimate of drug-likeness (QED) is 0.663. The van der Waals surface area contributed by atoms with Gasteiger partial charge in [0.25, 0.3) is 0 Å². The van der Waals surface area contributed by atoms with Gasteiger partial charge in [0.2, 0.25) is 0 Å². The van der Waals surface area contributed by atoms with E-state index in [1.165, 1.54) is 11.3 Å². The van der Waals surface area contributed by atoms with Crippen LogP contribution in [0.2, 0.25) is 0 Å². The maximum Gasteiger partial charge on any atom is 0.127 e. The lowest BCUT2D eigenvalue weighted by atomic mass is 9.99. The third kappa shape index (κ3) is 1.41. The summed E-state index contributed by atoms with van der Waals surface area (Å²) in [6, 6.07) is 6.34. The van der Waals surface area contributed by atoms with Gasteiger partial charge in [-0.2, -0.15) is 0 Å². The molecule has 0 spiro atoms. The minimum atomic E-state index is 0.0196. The largest absolute Gasteiger partial charge is 0.374 e. The number of anilines is 1. The van der Waals surface area contributed by atoms with Crippen LogP contribution in [0.5, 0.6) is 0 Å². The summed E-state index contributed by atoms with van der Waals surface area (Å²) in [5.41, 5.74) is 3.82. The zero-order chi connectivity index (χ0) is 10.1. The van der Waals surface area contributed by atoms with E-state index in [-0.39, 0.29) is 5.92 Å². The maximum atomic E-state index is 10.7. The predicted molar refractivity (Wildman–Crippen MR) is 57.9 cm³/mol. The number of hydrogen-bond donors (Lipinski definition) is 0. The number of rotatable bonds is 2. The number of hydrogen-bond acceptors (Lipinski definition) is 2. The van der Waals surface area contributed by atoms with Gasteiger partial charge >= 0.3 is 0 Å². The summed E-state index contributed by atoms with van der Waals surface area (Å²) >= 11 is 0. The Bertz CT molecular complexity index is 359. The van der Waals surface area contributed by atoms with E-state index in [4.69, 9.17) is 0 Å². The van der Waals surface area contributed by atoms with Crippen molar-refractivity contribution in [1.29, 1.82) is 0 Å². The minimum Gasteiger partial charge on any atom is -0.374 e. The molecule has 0 aliphatic carbocycles. The standard InChI is InChI=1S/C12H15NO/c1-9(8-14)10-3-4-12-11(7-10)5-6-13(12)2/h3-4,7-9H,5-6H2,1-2H3. The first kappa shape index (κ1) is 9.25. The van der Waals surface area contributed by atoms with Gasteiger partial charge in [-0.25, -0.2) is 0 Å². The van der Waals surface area contributed by atoms with E-state index in [2.05, 4.69) is 30.1 Å². The molecule has 2 nitrogen and oxygen atoms in total. The molecule has 0 fully saturated rings. The Morgan fingerprint density at radius 2 is 2.29 bits per heavy atom. The first-order chi connectivity index (χ1) is 6.72. The molecule has 2 rings (SSSR count). The van der Waals surface area contributed by atoms with E-state index in [9.17, 15) is 4.79 Å². The van der Waals surface area contributed by atoms with Crippen LogP contribution in [0.3, 0.4) is 0 Å². The van der Waals surface area contributed by atoms with Gasteiger partial charge in [-0.15, -0.1) is 0 Å². The Hall–Kier alpha value is -1.31. The van der Waals surface area contributed by atoms with Gasteiger partial charge in [0, 0.05) is 25.2 Å². The monoisotopic (exact) mass is 189 g/mol. The van der Waals surface area contributed by atoms with Crippen LogP contribution in [0.15, 0.2) is 18.2 Å². The molecular weight excluding hydrogens is 174 g/mol. The average molecular weight is 189 g/mol. The summed E-state index contributed by atoms with van der Waals surface area (Å²) in [6.45, 7) is 3.03. The van der Waals surface area contributed by atoms with Crippen LogP contribution in [-0.2, 0) is 11.2 Å². The fourth-order valence-corrected chi connectivity index (χ4v) is 1.95. The fraction of sp³-hybridized carbons (Fsp3) is 0.417.